The van der Waals surface area contributed by atoms with Crippen LogP contribution in [0, 0.1) is 5.82 Å². The van der Waals surface area contributed by atoms with Crippen molar-refractivity contribution >= 4 is 5.97 Å². The molecule has 0 aliphatic carbocycles. The smallest absolute Gasteiger partial charge is 0.335 e. The minimum Gasteiger partial charge on any atom is -0.478 e. The molecule has 0 amide bonds. The van der Waals surface area contributed by atoms with Gasteiger partial charge in [-0.2, -0.15) is 0 Å². The van der Waals surface area contributed by atoms with E-state index in [0.29, 0.717) is 5.56 Å². The number of benzene rings is 1. The van der Waals surface area contributed by atoms with Crippen molar-refractivity contribution in [2.75, 3.05) is 5.43 Å². The van der Waals surface area contributed by atoms with E-state index in [1.54, 1.807) is 17.1 Å². The molecule has 0 bridgehead atoms. The number of hydrogen-bond acceptors (Lipinski definition) is 2. The Morgan fingerprint density at radius 2 is 2.06 bits per heavy atom. The first-order valence-corrected chi connectivity index (χ1v) is 5.05. The van der Waals surface area contributed by atoms with E-state index in [1.165, 1.54) is 12.1 Å². The summed E-state index contributed by atoms with van der Waals surface area (Å²) in [6.45, 7) is 0.224. The second kappa shape index (κ2) is 4.69. The second-order valence-electron chi connectivity index (χ2n) is 3.54. The lowest BCUT2D eigenvalue weighted by molar-refractivity contribution is 0.0696. The third-order valence-corrected chi connectivity index (χ3v) is 2.35. The molecular weight excluding hydrogens is 223 g/mol. The van der Waals surface area contributed by atoms with Gasteiger partial charge >= 0.3 is 5.97 Å². The van der Waals surface area contributed by atoms with Crippen LogP contribution in [0.4, 0.5) is 4.39 Å². The molecular formula is C12H11FN2O2. The highest BCUT2D eigenvalue weighted by atomic mass is 19.1. The van der Waals surface area contributed by atoms with Crippen molar-refractivity contribution in [2.24, 2.45) is 0 Å². The van der Waals surface area contributed by atoms with Crippen LogP contribution in [0.3, 0.4) is 0 Å². The number of nitrogens with one attached hydrogen (secondary N) is 1. The fourth-order valence-corrected chi connectivity index (χ4v) is 1.46. The molecule has 2 rings (SSSR count). The Hall–Kier alpha value is -2.30. The van der Waals surface area contributed by atoms with E-state index < -0.39 is 11.8 Å². The van der Waals surface area contributed by atoms with Crippen molar-refractivity contribution in [3.63, 3.8) is 0 Å². The number of carboxylic acids is 1. The topological polar surface area (TPSA) is 54.3 Å². The van der Waals surface area contributed by atoms with E-state index in [4.69, 9.17) is 5.11 Å². The predicted octanol–water partition coefficient (Wildman–Crippen LogP) is 2.07. The van der Waals surface area contributed by atoms with Gasteiger partial charge in [-0.25, -0.2) is 9.18 Å². The van der Waals surface area contributed by atoms with Crippen LogP contribution >= 0.6 is 0 Å². The van der Waals surface area contributed by atoms with Gasteiger partial charge in [0.1, 0.15) is 5.82 Å². The van der Waals surface area contributed by atoms with Crippen LogP contribution in [0.15, 0.2) is 42.7 Å². The van der Waals surface area contributed by atoms with Crippen LogP contribution in [0.5, 0.6) is 0 Å². The number of carboxylic acid groups (broad SMARTS) is 1. The summed E-state index contributed by atoms with van der Waals surface area (Å²) in [5.74, 6) is -1.48. The number of rotatable bonds is 4. The lowest BCUT2D eigenvalue weighted by atomic mass is 10.1. The fraction of sp³-hybridized carbons (Fsp3) is 0.0833. The molecule has 88 valence electrons. The maximum Gasteiger partial charge on any atom is 0.335 e. The van der Waals surface area contributed by atoms with Crippen molar-refractivity contribution < 1.29 is 14.3 Å². The first kappa shape index (κ1) is 11.2. The summed E-state index contributed by atoms with van der Waals surface area (Å²) in [7, 11) is 0. The number of halogens is 1. The van der Waals surface area contributed by atoms with Gasteiger partial charge in [0.05, 0.1) is 12.1 Å². The van der Waals surface area contributed by atoms with Gasteiger partial charge in [-0.3, -0.25) is 4.68 Å². The quantitative estimate of drug-likeness (QED) is 0.851. The molecule has 5 heteroatoms. The largest absolute Gasteiger partial charge is 0.478 e. The summed E-state index contributed by atoms with van der Waals surface area (Å²) >= 11 is 0. The Morgan fingerprint density at radius 3 is 2.71 bits per heavy atom. The number of aromatic nitrogens is 1. The molecule has 4 nitrogen and oxygen atoms in total. The fourth-order valence-electron chi connectivity index (χ4n) is 1.46. The lowest BCUT2D eigenvalue weighted by Crippen LogP contribution is -2.13. The molecule has 0 atom stereocenters. The number of nitrogens with zero attached hydrogens (tertiary/aromatic N) is 1. The SMILES string of the molecule is O=C(O)c1ccc(F)c(CNn2cccc2)c1. The van der Waals surface area contributed by atoms with Crippen molar-refractivity contribution in [2.45, 2.75) is 6.54 Å². The molecule has 2 aromatic rings. The average molecular weight is 234 g/mol. The van der Waals surface area contributed by atoms with E-state index >= 15 is 0 Å². The highest BCUT2D eigenvalue weighted by Gasteiger charge is 2.07. The van der Waals surface area contributed by atoms with Gasteiger partial charge in [0.15, 0.2) is 0 Å². The van der Waals surface area contributed by atoms with Gasteiger partial charge in [-0.15, -0.1) is 0 Å². The number of hydrogen-bond donors (Lipinski definition) is 2. The summed E-state index contributed by atoms with van der Waals surface area (Å²) in [4.78, 5) is 10.7. The normalized spacial score (nSPS) is 10.2. The Balaban J connectivity index is 2.14. The highest BCUT2D eigenvalue weighted by molar-refractivity contribution is 5.87. The van der Waals surface area contributed by atoms with E-state index in [0.717, 1.165) is 6.07 Å². The maximum atomic E-state index is 13.4. The highest BCUT2D eigenvalue weighted by Crippen LogP contribution is 2.11. The van der Waals surface area contributed by atoms with Gasteiger partial charge in [0.25, 0.3) is 0 Å². The molecule has 0 aliphatic rings. The zero-order valence-electron chi connectivity index (χ0n) is 8.93. The first-order valence-electron chi connectivity index (χ1n) is 5.05. The standard InChI is InChI=1S/C12H11FN2O2/c13-11-4-3-9(12(16)17)7-10(11)8-14-15-5-1-2-6-15/h1-7,14H,8H2,(H,16,17). The Bertz CT molecular complexity index is 523. The van der Waals surface area contributed by atoms with E-state index in [1.807, 2.05) is 12.1 Å². The maximum absolute atomic E-state index is 13.4. The Morgan fingerprint density at radius 1 is 1.35 bits per heavy atom. The Labute approximate surface area is 97.3 Å². The summed E-state index contributed by atoms with van der Waals surface area (Å²) < 4.78 is 15.1. The molecule has 0 spiro atoms. The van der Waals surface area contributed by atoms with Crippen LogP contribution in [-0.2, 0) is 6.54 Å². The van der Waals surface area contributed by atoms with Crippen LogP contribution in [0.2, 0.25) is 0 Å². The summed E-state index contributed by atoms with van der Waals surface area (Å²) in [5, 5.41) is 8.80. The average Bonchev–Trinajstić information content (AvgIpc) is 2.80. The van der Waals surface area contributed by atoms with Crippen molar-refractivity contribution in [3.05, 3.63) is 59.7 Å². The zero-order chi connectivity index (χ0) is 12.3. The van der Waals surface area contributed by atoms with Crippen LogP contribution in [0.25, 0.3) is 0 Å². The summed E-state index contributed by atoms with van der Waals surface area (Å²) in [6, 6.07) is 7.40. The van der Waals surface area contributed by atoms with Crippen molar-refractivity contribution in [1.29, 1.82) is 0 Å². The molecule has 0 fully saturated rings. The van der Waals surface area contributed by atoms with E-state index in [9.17, 15) is 9.18 Å². The molecule has 2 N–H and O–H groups in total. The monoisotopic (exact) mass is 234 g/mol. The second-order valence-corrected chi connectivity index (χ2v) is 3.54. The van der Waals surface area contributed by atoms with E-state index in [-0.39, 0.29) is 12.1 Å². The van der Waals surface area contributed by atoms with Crippen molar-refractivity contribution in [3.8, 4) is 0 Å². The van der Waals surface area contributed by atoms with Gasteiger partial charge in [0, 0.05) is 18.0 Å². The number of carbonyl (C=O) groups is 1. The molecule has 1 aromatic heterocycles. The molecule has 1 aromatic carbocycles. The molecule has 17 heavy (non-hydrogen) atoms. The molecule has 0 unspecified atom stereocenters. The Kier molecular flexibility index (Phi) is 3.09. The third kappa shape index (κ3) is 2.63. The van der Waals surface area contributed by atoms with Gasteiger partial charge < -0.3 is 10.5 Å². The van der Waals surface area contributed by atoms with Gasteiger partial charge in [-0.05, 0) is 30.3 Å². The van der Waals surface area contributed by atoms with E-state index in [2.05, 4.69) is 5.43 Å². The molecule has 0 radical (unpaired) electrons. The summed E-state index contributed by atoms with van der Waals surface area (Å²) in [5.41, 5.74) is 3.33. The van der Waals surface area contributed by atoms with Crippen LogP contribution < -0.4 is 5.43 Å². The molecule has 0 aliphatic heterocycles. The molecule has 1 heterocycles. The van der Waals surface area contributed by atoms with Gasteiger partial charge in [-0.1, -0.05) is 0 Å². The number of aromatic carboxylic acids is 1. The minimum atomic E-state index is -1.06. The van der Waals surface area contributed by atoms with Crippen LogP contribution in [0.1, 0.15) is 15.9 Å². The third-order valence-electron chi connectivity index (χ3n) is 2.35. The minimum absolute atomic E-state index is 0.0794. The van der Waals surface area contributed by atoms with Crippen molar-refractivity contribution in [1.82, 2.24) is 4.68 Å². The summed E-state index contributed by atoms with van der Waals surface area (Å²) in [6.07, 6.45) is 3.55. The predicted molar refractivity (Wildman–Crippen MR) is 60.9 cm³/mol. The molecule has 0 saturated heterocycles. The zero-order valence-corrected chi connectivity index (χ0v) is 8.93. The van der Waals surface area contributed by atoms with Gasteiger partial charge in [0.2, 0.25) is 0 Å². The first-order chi connectivity index (χ1) is 8.16. The molecule has 0 saturated carbocycles. The lowest BCUT2D eigenvalue weighted by Gasteiger charge is -2.09. The van der Waals surface area contributed by atoms with Crippen LogP contribution in [-0.4, -0.2) is 15.8 Å².